The van der Waals surface area contributed by atoms with Crippen LogP contribution in [0.15, 0.2) is 48.7 Å². The number of rotatable bonds is 10. The molecule has 0 spiro atoms. The van der Waals surface area contributed by atoms with Crippen molar-refractivity contribution in [2.75, 3.05) is 33.4 Å². The van der Waals surface area contributed by atoms with E-state index in [4.69, 9.17) is 14.2 Å². The fraction of sp³-hybridized carbons (Fsp3) is 0.533. The topological polar surface area (TPSA) is 109 Å². The molecule has 0 atom stereocenters. The Hall–Kier alpha value is -3.66. The highest BCUT2D eigenvalue weighted by atomic mass is 16.6. The van der Waals surface area contributed by atoms with E-state index in [1.807, 2.05) is 46.1 Å². The second-order valence-electron chi connectivity index (χ2n) is 11.0. The molecule has 1 amide bonds. The number of ether oxygens (including phenoxy) is 3. The molecule has 1 aliphatic heterocycles. The van der Waals surface area contributed by atoms with E-state index < -0.39 is 4.92 Å². The number of amides is 1. The summed E-state index contributed by atoms with van der Waals surface area (Å²) in [5.74, 6) is 1.36. The second-order valence-corrected chi connectivity index (χ2v) is 11.0. The zero-order chi connectivity index (χ0) is 27.9. The van der Waals surface area contributed by atoms with E-state index in [0.29, 0.717) is 30.0 Å². The average molecular weight is 551 g/mol. The van der Waals surface area contributed by atoms with Crippen molar-refractivity contribution in [2.24, 2.45) is 11.8 Å². The van der Waals surface area contributed by atoms with Crippen LogP contribution in [0.4, 0.5) is 10.5 Å². The molecule has 2 heterocycles. The van der Waals surface area contributed by atoms with Gasteiger partial charge in [-0.3, -0.25) is 14.8 Å². The molecule has 2 fully saturated rings. The monoisotopic (exact) mass is 550 g/mol. The highest BCUT2D eigenvalue weighted by molar-refractivity contribution is 5.83. The molecule has 10 nitrogen and oxygen atoms in total. The molecule has 214 valence electrons. The van der Waals surface area contributed by atoms with Crippen LogP contribution >= 0.6 is 0 Å². The molecule has 1 saturated carbocycles. The van der Waals surface area contributed by atoms with Crippen LogP contribution in [0, 0.1) is 22.0 Å². The molecule has 10 heteroatoms. The van der Waals surface area contributed by atoms with Gasteiger partial charge in [-0.1, -0.05) is 30.3 Å². The Morgan fingerprint density at radius 2 is 1.80 bits per heavy atom. The number of aromatic nitrogens is 2. The van der Waals surface area contributed by atoms with Gasteiger partial charge in [0.15, 0.2) is 5.75 Å². The molecule has 1 saturated heterocycles. The van der Waals surface area contributed by atoms with Crippen LogP contribution in [0.5, 0.6) is 5.75 Å². The quantitative estimate of drug-likeness (QED) is 0.169. The van der Waals surface area contributed by atoms with Gasteiger partial charge in [-0.15, -0.1) is 0 Å². The maximum absolute atomic E-state index is 12.4. The van der Waals surface area contributed by atoms with Gasteiger partial charge in [-0.05, 0) is 62.3 Å². The summed E-state index contributed by atoms with van der Waals surface area (Å²) in [6.07, 6.45) is 8.87. The standard InChI is InChI=1S/C30H38N4O6/c1-38-29-18-27-25(17-28(29)34(36)37)19-33(31-27)26-9-7-24(8-10-26)20-39-16-13-22-11-14-32(15-12-22)30(35)40-21-23-5-3-2-4-6-23/h2-6,17-19,22,24,26H,7-16,20-21H2,1H3/t24-,26-. The predicted molar refractivity (Wildman–Crippen MR) is 150 cm³/mol. The smallest absolute Gasteiger partial charge is 0.410 e. The van der Waals surface area contributed by atoms with E-state index in [9.17, 15) is 14.9 Å². The number of carbonyl (C=O) groups is 1. The molecule has 3 aromatic rings. The van der Waals surface area contributed by atoms with E-state index >= 15 is 0 Å². The van der Waals surface area contributed by atoms with Crippen molar-refractivity contribution < 1.29 is 23.9 Å². The summed E-state index contributed by atoms with van der Waals surface area (Å²) in [6.45, 7) is 3.33. The number of hydrogen-bond donors (Lipinski definition) is 0. The van der Waals surface area contributed by atoms with Crippen molar-refractivity contribution >= 4 is 22.7 Å². The maximum Gasteiger partial charge on any atom is 0.410 e. The fourth-order valence-electron chi connectivity index (χ4n) is 5.84. The Kier molecular flexibility index (Phi) is 9.15. The number of methoxy groups -OCH3 is 1. The molecular weight excluding hydrogens is 512 g/mol. The number of nitro groups is 1. The third kappa shape index (κ3) is 6.91. The van der Waals surface area contributed by atoms with Gasteiger partial charge in [-0.2, -0.15) is 5.10 Å². The Morgan fingerprint density at radius 3 is 2.50 bits per heavy atom. The van der Waals surface area contributed by atoms with Crippen LogP contribution in [0.2, 0.25) is 0 Å². The zero-order valence-electron chi connectivity index (χ0n) is 23.1. The van der Waals surface area contributed by atoms with Crippen molar-refractivity contribution in [3.05, 3.63) is 64.3 Å². The van der Waals surface area contributed by atoms with Crippen molar-refractivity contribution in [1.82, 2.24) is 14.7 Å². The lowest BCUT2D eigenvalue weighted by Crippen LogP contribution is -2.39. The van der Waals surface area contributed by atoms with Gasteiger partial charge in [0.1, 0.15) is 6.61 Å². The Morgan fingerprint density at radius 1 is 1.05 bits per heavy atom. The number of nitrogens with zero attached hydrogens (tertiary/aromatic N) is 4. The van der Waals surface area contributed by atoms with Crippen LogP contribution < -0.4 is 4.74 Å². The first-order valence-corrected chi connectivity index (χ1v) is 14.2. The summed E-state index contributed by atoms with van der Waals surface area (Å²) in [5, 5.41) is 16.8. The zero-order valence-corrected chi connectivity index (χ0v) is 23.1. The van der Waals surface area contributed by atoms with Gasteiger partial charge < -0.3 is 19.1 Å². The third-order valence-electron chi connectivity index (χ3n) is 8.31. The second kappa shape index (κ2) is 13.1. The van der Waals surface area contributed by atoms with Gasteiger partial charge in [0.05, 0.1) is 23.6 Å². The van der Waals surface area contributed by atoms with Crippen molar-refractivity contribution in [3.8, 4) is 5.75 Å². The summed E-state index contributed by atoms with van der Waals surface area (Å²) in [6, 6.07) is 13.2. The number of carbonyl (C=O) groups excluding carboxylic acids is 1. The number of benzene rings is 2. The average Bonchev–Trinajstić information content (AvgIpc) is 3.41. The van der Waals surface area contributed by atoms with Crippen LogP contribution in [0.25, 0.3) is 10.9 Å². The minimum atomic E-state index is -0.423. The molecule has 40 heavy (non-hydrogen) atoms. The number of hydrogen-bond acceptors (Lipinski definition) is 7. The maximum atomic E-state index is 12.4. The van der Waals surface area contributed by atoms with Crippen LogP contribution in [-0.2, 0) is 16.1 Å². The van der Waals surface area contributed by atoms with Gasteiger partial charge in [-0.25, -0.2) is 4.79 Å². The lowest BCUT2D eigenvalue weighted by atomic mass is 9.86. The number of nitro benzene ring substituents is 1. The summed E-state index contributed by atoms with van der Waals surface area (Å²) in [7, 11) is 1.43. The summed E-state index contributed by atoms with van der Waals surface area (Å²) in [5.41, 5.74) is 1.67. The van der Waals surface area contributed by atoms with Crippen LogP contribution in [0.1, 0.15) is 56.6 Å². The lowest BCUT2D eigenvalue weighted by Gasteiger charge is -2.31. The predicted octanol–water partition coefficient (Wildman–Crippen LogP) is 6.14. The SMILES string of the molecule is COc1cc2nn([C@H]3CC[C@H](COCCC4CCN(C(=O)OCc5ccccc5)CC4)CC3)cc2cc1[N+](=O)[O-]. The van der Waals surface area contributed by atoms with Crippen LogP contribution in [0.3, 0.4) is 0 Å². The molecular formula is C30H38N4O6. The number of piperidine rings is 1. The van der Waals surface area contributed by atoms with E-state index in [1.165, 1.54) is 7.11 Å². The molecule has 0 unspecified atom stereocenters. The first kappa shape index (κ1) is 27.9. The fourth-order valence-corrected chi connectivity index (χ4v) is 5.84. The van der Waals surface area contributed by atoms with Gasteiger partial charge in [0.25, 0.3) is 0 Å². The molecule has 1 aliphatic carbocycles. The van der Waals surface area contributed by atoms with Gasteiger partial charge >= 0.3 is 11.8 Å². The molecule has 2 aliphatic rings. The van der Waals surface area contributed by atoms with E-state index in [1.54, 1.807) is 12.1 Å². The largest absolute Gasteiger partial charge is 0.490 e. The molecule has 0 N–H and O–H groups in total. The summed E-state index contributed by atoms with van der Waals surface area (Å²) >= 11 is 0. The first-order valence-electron chi connectivity index (χ1n) is 14.2. The minimum absolute atomic E-state index is 0.0395. The molecule has 5 rings (SSSR count). The molecule has 2 aromatic carbocycles. The van der Waals surface area contributed by atoms with E-state index in [0.717, 1.165) is 82.2 Å². The van der Waals surface area contributed by atoms with E-state index in [2.05, 4.69) is 5.10 Å². The normalized spacial score (nSPS) is 20.0. The molecule has 0 radical (unpaired) electrons. The van der Waals surface area contributed by atoms with Crippen LogP contribution in [-0.4, -0.2) is 59.1 Å². The van der Waals surface area contributed by atoms with E-state index in [-0.39, 0.29) is 17.5 Å². The number of fused-ring (bicyclic) bond motifs is 1. The van der Waals surface area contributed by atoms with Crippen molar-refractivity contribution in [3.63, 3.8) is 0 Å². The summed E-state index contributed by atoms with van der Waals surface area (Å²) in [4.78, 5) is 25.1. The Bertz CT molecular complexity index is 1280. The summed E-state index contributed by atoms with van der Waals surface area (Å²) < 4.78 is 18.7. The van der Waals surface area contributed by atoms with Gasteiger partial charge in [0.2, 0.25) is 0 Å². The Labute approximate surface area is 234 Å². The highest BCUT2D eigenvalue weighted by Gasteiger charge is 2.26. The lowest BCUT2D eigenvalue weighted by molar-refractivity contribution is -0.385. The minimum Gasteiger partial charge on any atom is -0.490 e. The molecule has 0 bridgehead atoms. The first-order chi connectivity index (χ1) is 19.5. The molecule has 1 aromatic heterocycles. The Balaban J connectivity index is 0.979. The third-order valence-corrected chi connectivity index (χ3v) is 8.31. The highest BCUT2D eigenvalue weighted by Crippen LogP contribution is 2.35. The van der Waals surface area contributed by atoms with Crippen molar-refractivity contribution in [2.45, 2.75) is 57.6 Å². The van der Waals surface area contributed by atoms with Crippen molar-refractivity contribution in [1.29, 1.82) is 0 Å². The number of likely N-dealkylation sites (tertiary alicyclic amines) is 1. The van der Waals surface area contributed by atoms with Gasteiger partial charge in [0, 0.05) is 50.0 Å².